The molecule has 2 amide bonds. The molecule has 2 aromatic rings. The average molecular weight is 412 g/mol. The number of hydrogen-bond donors (Lipinski definition) is 0. The molecule has 1 aliphatic heterocycles. The maximum atomic E-state index is 13.4. The number of allylic oxidation sites excluding steroid dienone is 2. The SMILES string of the molecule is CC(C)=CC[C@H](Cc1ccc(Cl)cc1)C(=O)N1C(=O)O[C@@H](c2ccccc2)[C@H]1C. The van der Waals surface area contributed by atoms with Gasteiger partial charge in [0.25, 0.3) is 0 Å². The molecule has 1 heterocycles. The summed E-state index contributed by atoms with van der Waals surface area (Å²) < 4.78 is 5.57. The summed E-state index contributed by atoms with van der Waals surface area (Å²) in [6.45, 7) is 5.87. The molecule has 0 radical (unpaired) electrons. The molecule has 1 fully saturated rings. The second kappa shape index (κ2) is 9.27. The molecule has 0 unspecified atom stereocenters. The molecule has 3 atom stereocenters. The summed E-state index contributed by atoms with van der Waals surface area (Å²) >= 11 is 5.98. The predicted molar refractivity (Wildman–Crippen MR) is 115 cm³/mol. The van der Waals surface area contributed by atoms with E-state index in [-0.39, 0.29) is 17.9 Å². The van der Waals surface area contributed by atoms with Crippen LogP contribution in [0.2, 0.25) is 5.02 Å². The van der Waals surface area contributed by atoms with Crippen LogP contribution >= 0.6 is 11.6 Å². The molecule has 5 heteroatoms. The molecule has 1 aliphatic rings. The molecule has 0 N–H and O–H groups in total. The zero-order valence-corrected chi connectivity index (χ0v) is 17.7. The minimum atomic E-state index is -0.574. The monoisotopic (exact) mass is 411 g/mol. The summed E-state index contributed by atoms with van der Waals surface area (Å²) in [6.07, 6.45) is 2.11. The van der Waals surface area contributed by atoms with Crippen LogP contribution in [0.5, 0.6) is 0 Å². The molecule has 1 saturated heterocycles. The van der Waals surface area contributed by atoms with Crippen molar-refractivity contribution in [3.63, 3.8) is 0 Å². The van der Waals surface area contributed by atoms with Gasteiger partial charge in [0.15, 0.2) is 0 Å². The van der Waals surface area contributed by atoms with Crippen LogP contribution < -0.4 is 0 Å². The van der Waals surface area contributed by atoms with Crippen LogP contribution in [0.15, 0.2) is 66.2 Å². The Bertz CT molecular complexity index is 888. The number of imide groups is 1. The average Bonchev–Trinajstić information content (AvgIpc) is 3.00. The second-order valence-corrected chi connectivity index (χ2v) is 8.15. The van der Waals surface area contributed by atoms with E-state index in [1.807, 2.05) is 81.4 Å². The van der Waals surface area contributed by atoms with Gasteiger partial charge in [0, 0.05) is 10.9 Å². The van der Waals surface area contributed by atoms with Gasteiger partial charge in [-0.25, -0.2) is 9.69 Å². The minimum absolute atomic E-state index is 0.201. The zero-order chi connectivity index (χ0) is 21.0. The normalized spacial score (nSPS) is 19.6. The number of cyclic esters (lactones) is 1. The zero-order valence-electron chi connectivity index (χ0n) is 17.0. The first-order chi connectivity index (χ1) is 13.9. The number of carbonyl (C=O) groups is 2. The maximum absolute atomic E-state index is 13.4. The van der Waals surface area contributed by atoms with E-state index < -0.39 is 12.2 Å². The lowest BCUT2D eigenvalue weighted by Crippen LogP contribution is -2.42. The first-order valence-electron chi connectivity index (χ1n) is 9.83. The lowest BCUT2D eigenvalue weighted by atomic mass is 9.93. The first-order valence-corrected chi connectivity index (χ1v) is 10.2. The van der Waals surface area contributed by atoms with Gasteiger partial charge in [0.2, 0.25) is 5.91 Å². The summed E-state index contributed by atoms with van der Waals surface area (Å²) in [5, 5.41) is 0.656. The van der Waals surface area contributed by atoms with E-state index in [0.717, 1.165) is 16.7 Å². The van der Waals surface area contributed by atoms with E-state index in [9.17, 15) is 9.59 Å². The van der Waals surface area contributed by atoms with Crippen molar-refractivity contribution in [1.82, 2.24) is 4.90 Å². The fraction of sp³-hybridized carbons (Fsp3) is 0.333. The molecule has 4 nitrogen and oxygen atoms in total. The van der Waals surface area contributed by atoms with Crippen LogP contribution in [0.4, 0.5) is 4.79 Å². The van der Waals surface area contributed by atoms with Crippen LogP contribution in [0.1, 0.15) is 44.4 Å². The number of carbonyl (C=O) groups excluding carboxylic acids is 2. The molecular formula is C24H26ClNO3. The van der Waals surface area contributed by atoms with Crippen LogP contribution in [-0.4, -0.2) is 22.9 Å². The van der Waals surface area contributed by atoms with Gasteiger partial charge < -0.3 is 4.74 Å². The molecule has 3 rings (SSSR count). The van der Waals surface area contributed by atoms with Gasteiger partial charge in [-0.15, -0.1) is 0 Å². The van der Waals surface area contributed by atoms with E-state index in [2.05, 4.69) is 0 Å². The number of ether oxygens (including phenoxy) is 1. The van der Waals surface area contributed by atoms with Crippen LogP contribution in [0.3, 0.4) is 0 Å². The van der Waals surface area contributed by atoms with E-state index in [1.165, 1.54) is 4.90 Å². The first kappa shape index (κ1) is 21.1. The Balaban J connectivity index is 1.83. The Morgan fingerprint density at radius 3 is 2.41 bits per heavy atom. The minimum Gasteiger partial charge on any atom is -0.439 e. The third kappa shape index (κ3) is 5.07. The highest BCUT2D eigenvalue weighted by molar-refractivity contribution is 6.30. The highest BCUT2D eigenvalue weighted by Crippen LogP contribution is 2.34. The van der Waals surface area contributed by atoms with Gasteiger partial charge in [-0.3, -0.25) is 4.79 Å². The van der Waals surface area contributed by atoms with Crippen molar-refractivity contribution in [3.05, 3.63) is 82.4 Å². The van der Waals surface area contributed by atoms with E-state index in [4.69, 9.17) is 16.3 Å². The Morgan fingerprint density at radius 1 is 1.14 bits per heavy atom. The van der Waals surface area contributed by atoms with Crippen molar-refractivity contribution in [2.24, 2.45) is 5.92 Å². The molecule has 152 valence electrons. The lowest BCUT2D eigenvalue weighted by Gasteiger charge is -2.24. The largest absolute Gasteiger partial charge is 0.439 e. The molecule has 0 aliphatic carbocycles. The third-order valence-electron chi connectivity index (χ3n) is 5.19. The van der Waals surface area contributed by atoms with E-state index >= 15 is 0 Å². The molecular weight excluding hydrogens is 386 g/mol. The summed E-state index contributed by atoms with van der Waals surface area (Å²) in [5.74, 6) is -0.552. The van der Waals surface area contributed by atoms with E-state index in [1.54, 1.807) is 0 Å². The van der Waals surface area contributed by atoms with Gasteiger partial charge in [0.1, 0.15) is 6.10 Å². The van der Waals surface area contributed by atoms with E-state index in [0.29, 0.717) is 17.9 Å². The maximum Gasteiger partial charge on any atom is 0.417 e. The smallest absolute Gasteiger partial charge is 0.417 e. The topological polar surface area (TPSA) is 46.6 Å². The van der Waals surface area contributed by atoms with Gasteiger partial charge in [-0.1, -0.05) is 65.7 Å². The Hall–Kier alpha value is -2.59. The molecule has 29 heavy (non-hydrogen) atoms. The third-order valence-corrected chi connectivity index (χ3v) is 5.44. The summed E-state index contributed by atoms with van der Waals surface area (Å²) in [4.78, 5) is 27.3. The van der Waals surface area contributed by atoms with Crippen molar-refractivity contribution < 1.29 is 14.3 Å². The summed E-state index contributed by atoms with van der Waals surface area (Å²) in [5.41, 5.74) is 3.04. The highest BCUT2D eigenvalue weighted by Gasteiger charge is 2.44. The van der Waals surface area contributed by atoms with Gasteiger partial charge >= 0.3 is 6.09 Å². The van der Waals surface area contributed by atoms with Gasteiger partial charge in [-0.2, -0.15) is 0 Å². The van der Waals surface area contributed by atoms with Crippen LogP contribution in [0, 0.1) is 5.92 Å². The fourth-order valence-corrected chi connectivity index (χ4v) is 3.72. The van der Waals surface area contributed by atoms with Crippen LogP contribution in [-0.2, 0) is 16.0 Å². The molecule has 0 bridgehead atoms. The number of halogens is 1. The number of amides is 2. The Morgan fingerprint density at radius 2 is 1.79 bits per heavy atom. The lowest BCUT2D eigenvalue weighted by molar-refractivity contribution is -0.133. The van der Waals surface area contributed by atoms with Crippen molar-refractivity contribution in [1.29, 1.82) is 0 Å². The Labute approximate surface area is 177 Å². The standard InChI is InChI=1S/C24H26ClNO3/c1-16(2)9-12-20(15-18-10-13-21(25)14-11-18)23(27)26-17(3)22(29-24(26)28)19-7-5-4-6-8-19/h4-11,13-14,17,20,22H,12,15H2,1-3H3/t17-,20-,22-/m1/s1. The van der Waals surface area contributed by atoms with Crippen molar-refractivity contribution in [2.45, 2.75) is 45.8 Å². The van der Waals surface area contributed by atoms with Gasteiger partial charge in [0.05, 0.1) is 6.04 Å². The van der Waals surface area contributed by atoms with Gasteiger partial charge in [-0.05, 0) is 56.9 Å². The second-order valence-electron chi connectivity index (χ2n) is 7.71. The van der Waals surface area contributed by atoms with Crippen molar-refractivity contribution in [2.75, 3.05) is 0 Å². The van der Waals surface area contributed by atoms with Crippen molar-refractivity contribution >= 4 is 23.6 Å². The number of benzene rings is 2. The number of nitrogens with zero attached hydrogens (tertiary/aromatic N) is 1. The highest BCUT2D eigenvalue weighted by atomic mass is 35.5. The molecule has 0 saturated carbocycles. The molecule has 0 aromatic heterocycles. The quantitative estimate of drug-likeness (QED) is 0.550. The predicted octanol–water partition coefficient (Wildman–Crippen LogP) is 5.96. The molecule has 0 spiro atoms. The number of hydrogen-bond acceptors (Lipinski definition) is 3. The molecule has 2 aromatic carbocycles. The fourth-order valence-electron chi connectivity index (χ4n) is 3.60. The summed E-state index contributed by atoms with van der Waals surface area (Å²) in [7, 11) is 0. The van der Waals surface area contributed by atoms with Crippen molar-refractivity contribution in [3.8, 4) is 0 Å². The number of rotatable bonds is 6. The Kier molecular flexibility index (Phi) is 6.75. The summed E-state index contributed by atoms with van der Waals surface area (Å²) in [6, 6.07) is 16.7. The van der Waals surface area contributed by atoms with Crippen LogP contribution in [0.25, 0.3) is 0 Å².